The van der Waals surface area contributed by atoms with Crippen LogP contribution in [0.15, 0.2) is 27.0 Å². The molecule has 0 aliphatic rings. The van der Waals surface area contributed by atoms with Crippen molar-refractivity contribution in [1.29, 1.82) is 0 Å². The fourth-order valence-electron chi connectivity index (χ4n) is 1.12. The van der Waals surface area contributed by atoms with Crippen molar-refractivity contribution in [2.45, 2.75) is 10.2 Å². The first-order valence-corrected chi connectivity index (χ1v) is 6.26. The van der Waals surface area contributed by atoms with Crippen LogP contribution in [0.4, 0.5) is 17.5 Å². The third kappa shape index (κ3) is 2.78. The van der Waals surface area contributed by atoms with E-state index in [1.165, 1.54) is 24.2 Å². The number of rotatable bonds is 3. The number of hydrazine groups is 1. The summed E-state index contributed by atoms with van der Waals surface area (Å²) in [6, 6.07) is 1.48. The molecular weight excluding hydrogens is 320 g/mol. The maximum Gasteiger partial charge on any atom is 0.197 e. The Morgan fingerprint density at radius 3 is 2.44 bits per heavy atom. The number of nitrogens with one attached hydrogen (secondary N) is 1. The van der Waals surface area contributed by atoms with E-state index in [4.69, 9.17) is 17.3 Å². The molecule has 2 rings (SSSR count). The molecule has 0 aliphatic heterocycles. The maximum atomic E-state index is 5.59. The van der Waals surface area contributed by atoms with Gasteiger partial charge in [-0.05, 0) is 27.7 Å². The van der Waals surface area contributed by atoms with Crippen molar-refractivity contribution in [3.8, 4) is 0 Å². The van der Waals surface area contributed by atoms with Crippen LogP contribution in [-0.2, 0) is 0 Å². The molecule has 2 heterocycles. The highest BCUT2D eigenvalue weighted by atomic mass is 79.9. The molecule has 94 valence electrons. The predicted octanol–water partition coefficient (Wildman–Crippen LogP) is 0.630. The predicted molar refractivity (Wildman–Crippen MR) is 72.5 cm³/mol. The highest BCUT2D eigenvalue weighted by Gasteiger charge is 2.11. The van der Waals surface area contributed by atoms with E-state index in [-0.39, 0.29) is 0 Å². The van der Waals surface area contributed by atoms with Crippen LogP contribution >= 0.6 is 27.7 Å². The zero-order valence-electron chi connectivity index (χ0n) is 8.96. The lowest BCUT2D eigenvalue weighted by molar-refractivity contribution is 0.964. The lowest BCUT2D eigenvalue weighted by Crippen LogP contribution is -2.10. The van der Waals surface area contributed by atoms with Gasteiger partial charge in [-0.2, -0.15) is 0 Å². The smallest absolute Gasteiger partial charge is 0.197 e. The minimum atomic E-state index is 0.298. The summed E-state index contributed by atoms with van der Waals surface area (Å²) in [7, 11) is 0. The molecule has 0 aromatic carbocycles. The summed E-state index contributed by atoms with van der Waals surface area (Å²) in [6.45, 7) is 0. The van der Waals surface area contributed by atoms with E-state index in [2.05, 4.69) is 41.3 Å². The Morgan fingerprint density at radius 1 is 1.17 bits per heavy atom. The molecule has 0 saturated heterocycles. The molecule has 2 aromatic rings. The summed E-state index contributed by atoms with van der Waals surface area (Å²) in [4.78, 5) is 16.1. The number of nitrogen functional groups attached to an aromatic ring is 3. The zero-order valence-corrected chi connectivity index (χ0v) is 11.4. The molecule has 0 unspecified atom stereocenters. The third-order valence-electron chi connectivity index (χ3n) is 1.83. The van der Waals surface area contributed by atoms with Crippen LogP contribution < -0.4 is 22.7 Å². The Balaban J connectivity index is 2.34. The van der Waals surface area contributed by atoms with Crippen molar-refractivity contribution in [3.05, 3.63) is 16.9 Å². The van der Waals surface area contributed by atoms with Crippen LogP contribution in [0.3, 0.4) is 0 Å². The number of aromatic nitrogens is 4. The van der Waals surface area contributed by atoms with E-state index < -0.39 is 0 Å². The van der Waals surface area contributed by atoms with Crippen molar-refractivity contribution in [1.82, 2.24) is 19.9 Å². The molecule has 0 bridgehead atoms. The summed E-state index contributed by atoms with van der Waals surface area (Å²) >= 11 is 4.53. The summed E-state index contributed by atoms with van der Waals surface area (Å²) in [6.07, 6.45) is 1.37. The van der Waals surface area contributed by atoms with Crippen molar-refractivity contribution >= 4 is 45.1 Å². The Hall–Kier alpha value is -1.65. The van der Waals surface area contributed by atoms with Gasteiger partial charge in [0.05, 0.1) is 4.47 Å². The second-order valence-electron chi connectivity index (χ2n) is 3.09. The highest BCUT2D eigenvalue weighted by Crippen LogP contribution is 2.33. The van der Waals surface area contributed by atoms with Crippen LogP contribution in [0.25, 0.3) is 0 Å². The first-order chi connectivity index (χ1) is 8.60. The molecule has 0 spiro atoms. The van der Waals surface area contributed by atoms with E-state index in [9.17, 15) is 0 Å². The lowest BCUT2D eigenvalue weighted by Gasteiger charge is -2.06. The van der Waals surface area contributed by atoms with Gasteiger partial charge in [0.15, 0.2) is 11.0 Å². The third-order valence-corrected chi connectivity index (χ3v) is 3.71. The van der Waals surface area contributed by atoms with Gasteiger partial charge in [-0.25, -0.2) is 25.8 Å². The minimum absolute atomic E-state index is 0.298. The van der Waals surface area contributed by atoms with Crippen molar-refractivity contribution in [2.75, 3.05) is 16.9 Å². The maximum absolute atomic E-state index is 5.59. The van der Waals surface area contributed by atoms with Crippen LogP contribution in [0.2, 0.25) is 0 Å². The minimum Gasteiger partial charge on any atom is -0.383 e. The van der Waals surface area contributed by atoms with Gasteiger partial charge in [-0.15, -0.1) is 0 Å². The molecular formula is C8H9BrN8S. The van der Waals surface area contributed by atoms with Gasteiger partial charge in [-0.3, -0.25) is 0 Å². The standard InChI is InChI=1S/C8H9BrN8S/c9-5-6(17-12)13-2-14-7(5)18-8-15-3(10)1-4(11)16-8/h1-2H,12H2,(H,13,14,17)(H4,10,11,15,16). The molecule has 7 N–H and O–H groups in total. The molecule has 2 aromatic heterocycles. The van der Waals surface area contributed by atoms with E-state index in [0.29, 0.717) is 32.1 Å². The normalized spacial score (nSPS) is 10.3. The largest absolute Gasteiger partial charge is 0.383 e. The summed E-state index contributed by atoms with van der Waals surface area (Å²) in [5, 5.41) is 0.998. The van der Waals surface area contributed by atoms with Gasteiger partial charge in [-0.1, -0.05) is 0 Å². The van der Waals surface area contributed by atoms with Gasteiger partial charge in [0, 0.05) is 6.07 Å². The topological polar surface area (TPSA) is 142 Å². The number of hydrogen-bond acceptors (Lipinski definition) is 9. The summed E-state index contributed by atoms with van der Waals surface area (Å²) in [5.41, 5.74) is 13.6. The summed E-state index contributed by atoms with van der Waals surface area (Å²) in [5.74, 6) is 6.37. The second-order valence-corrected chi connectivity index (χ2v) is 4.84. The fourth-order valence-corrected chi connectivity index (χ4v) is 2.44. The second kappa shape index (κ2) is 5.33. The van der Waals surface area contributed by atoms with Crippen LogP contribution in [-0.4, -0.2) is 19.9 Å². The van der Waals surface area contributed by atoms with E-state index in [1.807, 2.05) is 0 Å². The van der Waals surface area contributed by atoms with Crippen molar-refractivity contribution < 1.29 is 0 Å². The highest BCUT2D eigenvalue weighted by molar-refractivity contribution is 9.10. The molecule has 8 nitrogen and oxygen atoms in total. The molecule has 10 heteroatoms. The van der Waals surface area contributed by atoms with Gasteiger partial charge < -0.3 is 16.9 Å². The monoisotopic (exact) mass is 328 g/mol. The average Bonchev–Trinajstić information content (AvgIpc) is 2.30. The first kappa shape index (κ1) is 12.8. The van der Waals surface area contributed by atoms with Gasteiger partial charge in [0.25, 0.3) is 0 Å². The molecule has 0 atom stereocenters. The number of nitrogens with zero attached hydrogens (tertiary/aromatic N) is 4. The number of halogens is 1. The van der Waals surface area contributed by atoms with E-state index in [0.717, 1.165) is 0 Å². The Bertz CT molecular complexity index is 557. The molecule has 0 radical (unpaired) electrons. The van der Waals surface area contributed by atoms with Crippen LogP contribution in [0, 0.1) is 0 Å². The summed E-state index contributed by atoms with van der Waals surface area (Å²) < 4.78 is 0.613. The quantitative estimate of drug-likeness (QED) is 0.276. The molecule has 0 fully saturated rings. The van der Waals surface area contributed by atoms with E-state index >= 15 is 0 Å². The number of nitrogens with two attached hydrogens (primary N) is 3. The van der Waals surface area contributed by atoms with E-state index in [1.54, 1.807) is 0 Å². The SMILES string of the molecule is NNc1ncnc(Sc2nc(N)cc(N)n2)c1Br. The first-order valence-electron chi connectivity index (χ1n) is 4.65. The molecule has 0 aliphatic carbocycles. The fraction of sp³-hybridized carbons (Fsp3) is 0. The molecule has 0 amide bonds. The van der Waals surface area contributed by atoms with Crippen LogP contribution in [0.1, 0.15) is 0 Å². The average molecular weight is 329 g/mol. The number of hydrogen-bond donors (Lipinski definition) is 4. The Labute approximate surface area is 115 Å². The zero-order chi connectivity index (χ0) is 13.1. The Morgan fingerprint density at radius 2 is 1.83 bits per heavy atom. The Kier molecular flexibility index (Phi) is 3.79. The van der Waals surface area contributed by atoms with Gasteiger partial charge in [0.2, 0.25) is 0 Å². The lowest BCUT2D eigenvalue weighted by atomic mass is 10.5. The van der Waals surface area contributed by atoms with Crippen molar-refractivity contribution in [2.24, 2.45) is 5.84 Å². The molecule has 18 heavy (non-hydrogen) atoms. The van der Waals surface area contributed by atoms with Crippen LogP contribution in [0.5, 0.6) is 0 Å². The number of anilines is 3. The van der Waals surface area contributed by atoms with Gasteiger partial charge in [0.1, 0.15) is 23.0 Å². The van der Waals surface area contributed by atoms with Gasteiger partial charge >= 0.3 is 0 Å². The van der Waals surface area contributed by atoms with Crippen molar-refractivity contribution in [3.63, 3.8) is 0 Å². The molecule has 0 saturated carbocycles.